The highest BCUT2D eigenvalue weighted by molar-refractivity contribution is 6.33. The molecule has 2 N–H and O–H groups in total. The molecular formula is C21H15ClFNO2. The van der Waals surface area contributed by atoms with Crippen molar-refractivity contribution in [1.29, 1.82) is 0 Å². The van der Waals surface area contributed by atoms with Gasteiger partial charge in [0.05, 0.1) is 23.4 Å². The molecule has 3 nitrogen and oxygen atoms in total. The molecule has 4 rings (SSSR count). The number of ether oxygens (including phenoxy) is 1. The van der Waals surface area contributed by atoms with E-state index in [0.29, 0.717) is 22.0 Å². The lowest BCUT2D eigenvalue weighted by Crippen LogP contribution is -1.87. The van der Waals surface area contributed by atoms with Crippen LogP contribution in [0.5, 0.6) is 11.5 Å². The normalized spacial score (nSPS) is 11.0. The van der Waals surface area contributed by atoms with Gasteiger partial charge in [-0.1, -0.05) is 23.7 Å². The minimum Gasteiger partial charge on any atom is -0.508 e. The molecule has 0 saturated heterocycles. The summed E-state index contributed by atoms with van der Waals surface area (Å²) in [5, 5.41) is 10.9. The van der Waals surface area contributed by atoms with Crippen LogP contribution in [0, 0.1) is 5.82 Å². The van der Waals surface area contributed by atoms with Crippen LogP contribution in [0.1, 0.15) is 0 Å². The third-order valence-electron chi connectivity index (χ3n) is 4.35. The van der Waals surface area contributed by atoms with E-state index in [1.165, 1.54) is 6.07 Å². The molecule has 0 bridgehead atoms. The van der Waals surface area contributed by atoms with E-state index in [-0.39, 0.29) is 11.6 Å². The van der Waals surface area contributed by atoms with Gasteiger partial charge in [-0.3, -0.25) is 0 Å². The van der Waals surface area contributed by atoms with Gasteiger partial charge < -0.3 is 14.8 Å². The van der Waals surface area contributed by atoms with Crippen molar-refractivity contribution in [3.63, 3.8) is 0 Å². The van der Waals surface area contributed by atoms with Gasteiger partial charge in [0.25, 0.3) is 0 Å². The molecule has 0 aliphatic carbocycles. The van der Waals surface area contributed by atoms with Crippen molar-refractivity contribution in [3.05, 3.63) is 71.5 Å². The first-order valence-corrected chi connectivity index (χ1v) is 8.39. The lowest BCUT2D eigenvalue weighted by molar-refractivity contribution is 0.409. The molecule has 0 spiro atoms. The van der Waals surface area contributed by atoms with E-state index in [1.54, 1.807) is 37.4 Å². The highest BCUT2D eigenvalue weighted by Crippen LogP contribution is 2.36. The van der Waals surface area contributed by atoms with Gasteiger partial charge in [-0.15, -0.1) is 0 Å². The molecule has 130 valence electrons. The van der Waals surface area contributed by atoms with Crippen LogP contribution in [0.2, 0.25) is 5.02 Å². The smallest absolute Gasteiger partial charge is 0.134 e. The number of aromatic amines is 1. The average Bonchev–Trinajstić information content (AvgIpc) is 3.04. The Hall–Kier alpha value is -2.98. The summed E-state index contributed by atoms with van der Waals surface area (Å²) in [7, 11) is 1.56. The monoisotopic (exact) mass is 367 g/mol. The Balaban J connectivity index is 1.85. The molecule has 0 radical (unpaired) electrons. The number of hydrogen-bond donors (Lipinski definition) is 2. The number of benzene rings is 3. The van der Waals surface area contributed by atoms with E-state index in [0.717, 1.165) is 22.0 Å². The molecule has 1 aromatic heterocycles. The third-order valence-corrected chi connectivity index (χ3v) is 4.66. The Bertz CT molecular complexity index is 1100. The maximum Gasteiger partial charge on any atom is 0.134 e. The largest absolute Gasteiger partial charge is 0.508 e. The fraction of sp³-hybridized carbons (Fsp3) is 0.0476. The van der Waals surface area contributed by atoms with Crippen molar-refractivity contribution in [3.8, 4) is 33.9 Å². The molecule has 1 heterocycles. The number of rotatable bonds is 3. The van der Waals surface area contributed by atoms with E-state index in [1.807, 2.05) is 24.3 Å². The number of methoxy groups -OCH3 is 1. The van der Waals surface area contributed by atoms with Gasteiger partial charge in [0, 0.05) is 22.5 Å². The second kappa shape index (κ2) is 6.39. The maximum atomic E-state index is 14.2. The van der Waals surface area contributed by atoms with Gasteiger partial charge >= 0.3 is 0 Å². The zero-order chi connectivity index (χ0) is 18.3. The Kier molecular flexibility index (Phi) is 4.05. The van der Waals surface area contributed by atoms with Crippen LogP contribution in [0.4, 0.5) is 4.39 Å². The Labute approximate surface area is 154 Å². The lowest BCUT2D eigenvalue weighted by atomic mass is 10.0. The molecule has 0 atom stereocenters. The molecule has 5 heteroatoms. The number of phenols is 1. The molecule has 3 aromatic carbocycles. The first kappa shape index (κ1) is 16.5. The molecule has 0 fully saturated rings. The second-order valence-electron chi connectivity index (χ2n) is 5.97. The first-order valence-electron chi connectivity index (χ1n) is 8.01. The summed E-state index contributed by atoms with van der Waals surface area (Å²) < 4.78 is 19.6. The third kappa shape index (κ3) is 2.78. The Morgan fingerprint density at radius 3 is 2.65 bits per heavy atom. The number of hydrogen-bond acceptors (Lipinski definition) is 2. The van der Waals surface area contributed by atoms with E-state index in [2.05, 4.69) is 4.98 Å². The zero-order valence-corrected chi connectivity index (χ0v) is 14.6. The fourth-order valence-electron chi connectivity index (χ4n) is 3.11. The zero-order valence-electron chi connectivity index (χ0n) is 13.9. The number of aromatic hydroxyl groups is 1. The van der Waals surface area contributed by atoms with E-state index in [9.17, 15) is 9.50 Å². The molecule has 0 saturated carbocycles. The Morgan fingerprint density at radius 1 is 1.04 bits per heavy atom. The van der Waals surface area contributed by atoms with Crippen molar-refractivity contribution in [2.75, 3.05) is 7.11 Å². The van der Waals surface area contributed by atoms with Gasteiger partial charge in [-0.25, -0.2) is 4.39 Å². The number of phenolic OH excluding ortho intramolecular Hbond substituents is 1. The summed E-state index contributed by atoms with van der Waals surface area (Å²) in [6, 6.07) is 17.4. The molecule has 0 unspecified atom stereocenters. The van der Waals surface area contributed by atoms with Crippen molar-refractivity contribution in [1.82, 2.24) is 4.98 Å². The van der Waals surface area contributed by atoms with Crippen molar-refractivity contribution in [2.45, 2.75) is 0 Å². The molecule has 26 heavy (non-hydrogen) atoms. The molecule has 0 aliphatic rings. The van der Waals surface area contributed by atoms with Gasteiger partial charge in [0.15, 0.2) is 0 Å². The number of nitrogens with one attached hydrogen (secondary N) is 1. The summed E-state index contributed by atoms with van der Waals surface area (Å²) in [4.78, 5) is 3.21. The van der Waals surface area contributed by atoms with Crippen LogP contribution < -0.4 is 4.74 Å². The molecule has 0 aliphatic heterocycles. The predicted molar refractivity (Wildman–Crippen MR) is 102 cm³/mol. The quantitative estimate of drug-likeness (QED) is 0.466. The van der Waals surface area contributed by atoms with Gasteiger partial charge in [-0.05, 0) is 48.0 Å². The number of fused-ring (bicyclic) bond motifs is 1. The van der Waals surface area contributed by atoms with E-state index < -0.39 is 0 Å². The average molecular weight is 368 g/mol. The highest BCUT2D eigenvalue weighted by atomic mass is 35.5. The van der Waals surface area contributed by atoms with E-state index in [4.69, 9.17) is 16.3 Å². The number of halogens is 2. The second-order valence-corrected chi connectivity index (χ2v) is 6.37. The lowest BCUT2D eigenvalue weighted by Gasteiger charge is -2.09. The van der Waals surface area contributed by atoms with Gasteiger partial charge in [0.2, 0.25) is 0 Å². The standard InChI is InChI=1S/C21H15ClFNO2/c1-26-20-11-14(25)6-7-15(20)12-5-8-18-13(9-12)10-19(24-18)21-16(22)3-2-4-17(21)23/h2-11,24-25H,1H3. The summed E-state index contributed by atoms with van der Waals surface area (Å²) in [6.07, 6.45) is 0. The van der Waals surface area contributed by atoms with Gasteiger partial charge in [0.1, 0.15) is 17.3 Å². The Morgan fingerprint density at radius 2 is 1.88 bits per heavy atom. The fourth-order valence-corrected chi connectivity index (χ4v) is 3.37. The summed E-state index contributed by atoms with van der Waals surface area (Å²) in [5.41, 5.74) is 3.64. The number of aromatic nitrogens is 1. The van der Waals surface area contributed by atoms with Crippen LogP contribution >= 0.6 is 11.6 Å². The SMILES string of the molecule is COc1cc(O)ccc1-c1ccc2[nH]c(-c3c(F)cccc3Cl)cc2c1. The molecule has 4 aromatic rings. The van der Waals surface area contributed by atoms with Gasteiger partial charge in [-0.2, -0.15) is 0 Å². The highest BCUT2D eigenvalue weighted by Gasteiger charge is 2.13. The van der Waals surface area contributed by atoms with Crippen LogP contribution in [0.25, 0.3) is 33.3 Å². The minimum atomic E-state index is -0.371. The summed E-state index contributed by atoms with van der Waals surface area (Å²) >= 11 is 6.17. The van der Waals surface area contributed by atoms with Crippen LogP contribution in [0.3, 0.4) is 0 Å². The van der Waals surface area contributed by atoms with Crippen LogP contribution in [-0.2, 0) is 0 Å². The predicted octanol–water partition coefficient (Wildman–Crippen LogP) is 6.01. The van der Waals surface area contributed by atoms with Crippen molar-refractivity contribution < 1.29 is 14.2 Å². The number of H-pyrrole nitrogens is 1. The van der Waals surface area contributed by atoms with E-state index >= 15 is 0 Å². The molecular weight excluding hydrogens is 353 g/mol. The molecule has 0 amide bonds. The summed E-state index contributed by atoms with van der Waals surface area (Å²) in [5.74, 6) is 0.353. The maximum absolute atomic E-state index is 14.2. The van der Waals surface area contributed by atoms with Crippen LogP contribution in [-0.4, -0.2) is 17.2 Å². The topological polar surface area (TPSA) is 45.2 Å². The first-order chi connectivity index (χ1) is 12.6. The van der Waals surface area contributed by atoms with Crippen molar-refractivity contribution >= 4 is 22.5 Å². The van der Waals surface area contributed by atoms with Crippen molar-refractivity contribution in [2.24, 2.45) is 0 Å². The summed E-state index contributed by atoms with van der Waals surface area (Å²) in [6.45, 7) is 0. The minimum absolute atomic E-state index is 0.143. The van der Waals surface area contributed by atoms with Crippen LogP contribution in [0.15, 0.2) is 60.7 Å².